The van der Waals surface area contributed by atoms with Gasteiger partial charge >= 0.3 is 0 Å². The Kier molecular flexibility index (Phi) is 2.95. The summed E-state index contributed by atoms with van der Waals surface area (Å²) < 4.78 is 0. The molecule has 0 aliphatic rings. The van der Waals surface area contributed by atoms with E-state index in [9.17, 15) is 0 Å². The summed E-state index contributed by atoms with van der Waals surface area (Å²) in [4.78, 5) is 12.0. The van der Waals surface area contributed by atoms with Gasteiger partial charge in [0.1, 0.15) is 5.82 Å². The number of nitrogen functional groups attached to an aromatic ring is 1. The average Bonchev–Trinajstić information content (AvgIpc) is 2.28. The number of hydrogen-bond acceptors (Lipinski definition) is 5. The highest BCUT2D eigenvalue weighted by molar-refractivity contribution is 5.38. The van der Waals surface area contributed by atoms with Gasteiger partial charge < -0.3 is 11.1 Å². The minimum absolute atomic E-state index is 0.271. The number of nitrogens with two attached hydrogens (primary N) is 1. The molecule has 0 spiro atoms. The van der Waals surface area contributed by atoms with E-state index in [0.29, 0.717) is 6.54 Å². The van der Waals surface area contributed by atoms with E-state index in [-0.39, 0.29) is 5.95 Å². The Morgan fingerprint density at radius 1 is 1.31 bits per heavy atom. The summed E-state index contributed by atoms with van der Waals surface area (Å²) in [5.74, 6) is 0.990. The quantitative estimate of drug-likeness (QED) is 0.808. The maximum absolute atomic E-state index is 5.48. The van der Waals surface area contributed by atoms with Gasteiger partial charge in [0.15, 0.2) is 0 Å². The Balaban J connectivity index is 2.05. The maximum atomic E-state index is 5.48. The molecular formula is C11H13N5. The summed E-state index contributed by atoms with van der Waals surface area (Å²) in [6, 6.07) is 3.76. The first-order chi connectivity index (χ1) is 7.75. The van der Waals surface area contributed by atoms with E-state index < -0.39 is 0 Å². The summed E-state index contributed by atoms with van der Waals surface area (Å²) in [5.41, 5.74) is 7.82. The first kappa shape index (κ1) is 10.4. The molecule has 82 valence electrons. The second-order valence-electron chi connectivity index (χ2n) is 3.46. The first-order valence-corrected chi connectivity index (χ1v) is 4.97. The zero-order valence-electron chi connectivity index (χ0n) is 9.01. The zero-order valence-corrected chi connectivity index (χ0v) is 9.01. The van der Waals surface area contributed by atoms with Crippen molar-refractivity contribution in [3.05, 3.63) is 41.9 Å². The lowest BCUT2D eigenvalue weighted by Crippen LogP contribution is -2.05. The Morgan fingerprint density at radius 2 is 2.19 bits per heavy atom. The van der Waals surface area contributed by atoms with Crippen LogP contribution in [0.3, 0.4) is 0 Å². The Morgan fingerprint density at radius 3 is 2.94 bits per heavy atom. The number of anilines is 2. The summed E-state index contributed by atoms with van der Waals surface area (Å²) in [6.07, 6.45) is 5.25. The molecule has 16 heavy (non-hydrogen) atoms. The molecule has 0 saturated heterocycles. The monoisotopic (exact) mass is 215 g/mol. The standard InChI is InChI=1S/C11H13N5/c1-8-2-4-13-6-9(8)7-15-10-3-5-14-11(12)16-10/h2-6H,7H2,1H3,(H3,12,14,15,16). The molecule has 0 aliphatic carbocycles. The Bertz CT molecular complexity index is 483. The van der Waals surface area contributed by atoms with E-state index in [1.165, 1.54) is 5.56 Å². The van der Waals surface area contributed by atoms with Crippen LogP contribution < -0.4 is 11.1 Å². The van der Waals surface area contributed by atoms with Gasteiger partial charge in [0, 0.05) is 25.1 Å². The predicted molar refractivity (Wildman–Crippen MR) is 62.7 cm³/mol. The van der Waals surface area contributed by atoms with Crippen LogP contribution in [-0.2, 0) is 6.54 Å². The van der Waals surface area contributed by atoms with E-state index in [1.807, 2.05) is 19.2 Å². The van der Waals surface area contributed by atoms with E-state index in [4.69, 9.17) is 5.73 Å². The molecule has 0 aliphatic heterocycles. The number of nitrogens with one attached hydrogen (secondary N) is 1. The summed E-state index contributed by atoms with van der Waals surface area (Å²) in [5, 5.41) is 3.17. The highest BCUT2D eigenvalue weighted by atomic mass is 15.1. The lowest BCUT2D eigenvalue weighted by atomic mass is 10.1. The molecule has 0 amide bonds. The van der Waals surface area contributed by atoms with Crippen molar-refractivity contribution in [3.8, 4) is 0 Å². The molecule has 0 radical (unpaired) electrons. The third-order valence-corrected chi connectivity index (χ3v) is 2.28. The van der Waals surface area contributed by atoms with Gasteiger partial charge in [-0.2, -0.15) is 4.98 Å². The second kappa shape index (κ2) is 4.57. The minimum atomic E-state index is 0.271. The smallest absolute Gasteiger partial charge is 0.221 e. The zero-order chi connectivity index (χ0) is 11.4. The van der Waals surface area contributed by atoms with Crippen LogP contribution in [0.25, 0.3) is 0 Å². The predicted octanol–water partition coefficient (Wildman–Crippen LogP) is 1.37. The van der Waals surface area contributed by atoms with Gasteiger partial charge in [-0.15, -0.1) is 0 Å². The highest BCUT2D eigenvalue weighted by Crippen LogP contribution is 2.09. The molecule has 3 N–H and O–H groups in total. The van der Waals surface area contributed by atoms with Gasteiger partial charge in [0.25, 0.3) is 0 Å². The fourth-order valence-corrected chi connectivity index (χ4v) is 1.34. The minimum Gasteiger partial charge on any atom is -0.368 e. The van der Waals surface area contributed by atoms with E-state index in [2.05, 4.69) is 20.3 Å². The normalized spacial score (nSPS) is 10.1. The largest absolute Gasteiger partial charge is 0.368 e. The van der Waals surface area contributed by atoms with Crippen molar-refractivity contribution in [3.63, 3.8) is 0 Å². The topological polar surface area (TPSA) is 76.7 Å². The van der Waals surface area contributed by atoms with E-state index >= 15 is 0 Å². The number of nitrogens with zero attached hydrogens (tertiary/aromatic N) is 3. The molecule has 5 nitrogen and oxygen atoms in total. The molecule has 2 rings (SSSR count). The average molecular weight is 215 g/mol. The lowest BCUT2D eigenvalue weighted by molar-refractivity contribution is 1.05. The Labute approximate surface area is 93.8 Å². The number of hydrogen-bond donors (Lipinski definition) is 2. The lowest BCUT2D eigenvalue weighted by Gasteiger charge is -2.07. The first-order valence-electron chi connectivity index (χ1n) is 4.97. The van der Waals surface area contributed by atoms with Crippen molar-refractivity contribution in [1.82, 2.24) is 15.0 Å². The van der Waals surface area contributed by atoms with E-state index in [0.717, 1.165) is 11.4 Å². The fourth-order valence-electron chi connectivity index (χ4n) is 1.34. The second-order valence-corrected chi connectivity index (χ2v) is 3.46. The van der Waals surface area contributed by atoms with Crippen LogP contribution >= 0.6 is 0 Å². The van der Waals surface area contributed by atoms with Gasteiger partial charge in [-0.1, -0.05) is 0 Å². The van der Waals surface area contributed by atoms with Crippen molar-refractivity contribution >= 4 is 11.8 Å². The molecule has 5 heteroatoms. The molecule has 0 aromatic carbocycles. The number of pyridine rings is 1. The van der Waals surface area contributed by atoms with Crippen molar-refractivity contribution in [1.29, 1.82) is 0 Å². The summed E-state index contributed by atoms with van der Waals surface area (Å²) >= 11 is 0. The van der Waals surface area contributed by atoms with Crippen molar-refractivity contribution < 1.29 is 0 Å². The van der Waals surface area contributed by atoms with Gasteiger partial charge in [-0.3, -0.25) is 4.98 Å². The van der Waals surface area contributed by atoms with Gasteiger partial charge in [0.05, 0.1) is 0 Å². The molecule has 2 heterocycles. The third-order valence-electron chi connectivity index (χ3n) is 2.28. The van der Waals surface area contributed by atoms with Gasteiger partial charge in [0.2, 0.25) is 5.95 Å². The molecular weight excluding hydrogens is 202 g/mol. The van der Waals surface area contributed by atoms with Crippen LogP contribution in [0.1, 0.15) is 11.1 Å². The number of aromatic nitrogens is 3. The van der Waals surface area contributed by atoms with Crippen molar-refractivity contribution in [2.45, 2.75) is 13.5 Å². The molecule has 2 aromatic heterocycles. The fraction of sp³-hybridized carbons (Fsp3) is 0.182. The van der Waals surface area contributed by atoms with Crippen LogP contribution in [0.2, 0.25) is 0 Å². The molecule has 2 aromatic rings. The van der Waals surface area contributed by atoms with E-state index in [1.54, 1.807) is 18.5 Å². The number of rotatable bonds is 3. The summed E-state index contributed by atoms with van der Waals surface area (Å²) in [7, 11) is 0. The van der Waals surface area contributed by atoms with Crippen LogP contribution in [0, 0.1) is 6.92 Å². The van der Waals surface area contributed by atoms with Crippen molar-refractivity contribution in [2.24, 2.45) is 0 Å². The van der Waals surface area contributed by atoms with Gasteiger partial charge in [-0.25, -0.2) is 4.98 Å². The van der Waals surface area contributed by atoms with Crippen molar-refractivity contribution in [2.75, 3.05) is 11.1 Å². The molecule has 0 fully saturated rings. The van der Waals surface area contributed by atoms with Crippen LogP contribution in [0.15, 0.2) is 30.7 Å². The molecule has 0 bridgehead atoms. The van der Waals surface area contributed by atoms with Gasteiger partial charge in [-0.05, 0) is 30.2 Å². The van der Waals surface area contributed by atoms with Crippen LogP contribution in [-0.4, -0.2) is 15.0 Å². The van der Waals surface area contributed by atoms with Crippen LogP contribution in [0.5, 0.6) is 0 Å². The SMILES string of the molecule is Cc1ccncc1CNc1ccnc(N)n1. The summed E-state index contributed by atoms with van der Waals surface area (Å²) in [6.45, 7) is 2.73. The Hall–Kier alpha value is -2.17. The molecule has 0 unspecified atom stereocenters. The maximum Gasteiger partial charge on any atom is 0.221 e. The number of aryl methyl sites for hydroxylation is 1. The molecule has 0 saturated carbocycles. The third kappa shape index (κ3) is 2.44. The highest BCUT2D eigenvalue weighted by Gasteiger charge is 1.99. The van der Waals surface area contributed by atoms with Crippen LogP contribution in [0.4, 0.5) is 11.8 Å². The molecule has 0 atom stereocenters.